The predicted octanol–water partition coefficient (Wildman–Crippen LogP) is 5.61. The van der Waals surface area contributed by atoms with Crippen LogP contribution in [0.15, 0.2) is 79.1 Å². The zero-order chi connectivity index (χ0) is 27.5. The number of nitrogens with zero attached hydrogens (tertiary/aromatic N) is 6. The number of imidazole rings is 1. The topological polar surface area (TPSA) is 83.1 Å². The zero-order valence-electron chi connectivity index (χ0n) is 23.3. The van der Waals surface area contributed by atoms with E-state index in [1.165, 1.54) is 11.3 Å². The normalized spacial score (nSPS) is 14.5. The second kappa shape index (κ2) is 11.1. The Balaban J connectivity index is 1.10. The molecule has 0 atom stereocenters. The summed E-state index contributed by atoms with van der Waals surface area (Å²) in [4.78, 5) is 26.6. The summed E-state index contributed by atoms with van der Waals surface area (Å²) in [5.41, 5.74) is 7.63. The van der Waals surface area contributed by atoms with Gasteiger partial charge in [0.2, 0.25) is 0 Å². The van der Waals surface area contributed by atoms with Crippen molar-refractivity contribution < 1.29 is 4.74 Å². The van der Waals surface area contributed by atoms with E-state index >= 15 is 0 Å². The van der Waals surface area contributed by atoms with Crippen LogP contribution in [0.4, 0.5) is 5.69 Å². The average molecular weight is 534 g/mol. The van der Waals surface area contributed by atoms with Gasteiger partial charge in [-0.1, -0.05) is 57.2 Å². The third-order valence-corrected chi connectivity index (χ3v) is 7.38. The van der Waals surface area contributed by atoms with E-state index in [2.05, 4.69) is 93.0 Å². The van der Waals surface area contributed by atoms with Crippen LogP contribution in [0.1, 0.15) is 37.7 Å². The van der Waals surface area contributed by atoms with Crippen LogP contribution in [0.5, 0.6) is 6.01 Å². The molecule has 40 heavy (non-hydrogen) atoms. The number of hydrogen-bond donors (Lipinski definition) is 1. The van der Waals surface area contributed by atoms with Crippen LogP contribution in [0.2, 0.25) is 0 Å². The van der Waals surface area contributed by atoms with E-state index in [0.717, 1.165) is 66.5 Å². The van der Waals surface area contributed by atoms with Gasteiger partial charge in [0, 0.05) is 50.7 Å². The van der Waals surface area contributed by atoms with E-state index in [0.29, 0.717) is 12.6 Å². The molecule has 1 aliphatic heterocycles. The molecule has 8 heteroatoms. The highest BCUT2D eigenvalue weighted by Gasteiger charge is 2.21. The van der Waals surface area contributed by atoms with Crippen molar-refractivity contribution in [2.75, 3.05) is 31.1 Å². The summed E-state index contributed by atoms with van der Waals surface area (Å²) in [7, 11) is 0. The number of aromatic nitrogens is 5. The highest BCUT2D eigenvalue weighted by Crippen LogP contribution is 2.30. The summed E-state index contributed by atoms with van der Waals surface area (Å²) < 4.78 is 5.77. The number of hydrogen-bond acceptors (Lipinski definition) is 7. The lowest BCUT2D eigenvalue weighted by Crippen LogP contribution is -2.46. The van der Waals surface area contributed by atoms with Gasteiger partial charge in [-0.25, -0.2) is 9.97 Å². The molecule has 1 N–H and O–H groups in total. The minimum Gasteiger partial charge on any atom is -0.457 e. The summed E-state index contributed by atoms with van der Waals surface area (Å²) in [6.07, 6.45) is 3.52. The number of benzene rings is 2. The fourth-order valence-electron chi connectivity index (χ4n) is 5.07. The molecule has 0 unspecified atom stereocenters. The number of para-hydroxylation sites is 1. The Morgan fingerprint density at radius 1 is 0.800 bits per heavy atom. The van der Waals surface area contributed by atoms with Crippen LogP contribution in [0.3, 0.4) is 0 Å². The van der Waals surface area contributed by atoms with Crippen LogP contribution in [0.25, 0.3) is 22.4 Å². The van der Waals surface area contributed by atoms with Crippen LogP contribution in [-0.4, -0.2) is 56.0 Å². The number of nitrogens with one attached hydrogen (secondary N) is 1. The summed E-state index contributed by atoms with van der Waals surface area (Å²) in [6.45, 7) is 11.6. The lowest BCUT2D eigenvalue weighted by molar-refractivity contribution is 0.241. The summed E-state index contributed by atoms with van der Waals surface area (Å²) in [5.74, 6) is 0.909. The Labute approximate surface area is 235 Å². The maximum Gasteiger partial charge on any atom is 0.316 e. The van der Waals surface area contributed by atoms with Gasteiger partial charge in [-0.3, -0.25) is 9.88 Å². The van der Waals surface area contributed by atoms with Crippen LogP contribution >= 0.6 is 0 Å². The van der Waals surface area contributed by atoms with Gasteiger partial charge in [0.05, 0.1) is 22.6 Å². The van der Waals surface area contributed by atoms with E-state index in [1.54, 1.807) is 12.4 Å². The molecule has 2 aromatic carbocycles. The van der Waals surface area contributed by atoms with E-state index in [4.69, 9.17) is 9.72 Å². The van der Waals surface area contributed by atoms with Gasteiger partial charge in [-0.2, -0.15) is 4.98 Å². The first kappa shape index (κ1) is 26.0. The zero-order valence-corrected chi connectivity index (χ0v) is 23.3. The van der Waals surface area contributed by atoms with Crippen molar-refractivity contribution in [1.82, 2.24) is 29.8 Å². The summed E-state index contributed by atoms with van der Waals surface area (Å²) in [5, 5.41) is 0. The number of piperazine rings is 1. The molecule has 0 amide bonds. The van der Waals surface area contributed by atoms with Gasteiger partial charge < -0.3 is 14.6 Å². The Bertz CT molecular complexity index is 1570. The van der Waals surface area contributed by atoms with Crippen molar-refractivity contribution >= 4 is 16.7 Å². The molecule has 1 aliphatic rings. The number of rotatable bonds is 7. The molecule has 6 rings (SSSR count). The Morgan fingerprint density at radius 2 is 1.62 bits per heavy atom. The molecule has 1 saturated heterocycles. The molecular weight excluding hydrogens is 498 g/mol. The standard InChI is InChI=1S/C32H35N7O/c1-32(2,3)24-12-10-23(11-13-24)30-36-27-8-6-9-28(29(27)37-30)39-19-17-38(18-20-39)21-25-14-16-34-31(35-25)40-22-26-7-4-5-15-33-26/h4-16H,17-22H2,1-3H3,(H,36,37). The van der Waals surface area contributed by atoms with Crippen molar-refractivity contribution in [1.29, 1.82) is 0 Å². The summed E-state index contributed by atoms with van der Waals surface area (Å²) in [6, 6.07) is 23.2. The van der Waals surface area contributed by atoms with Gasteiger partial charge in [0.1, 0.15) is 17.9 Å². The molecular formula is C32H35N7O. The molecule has 5 aromatic rings. The molecule has 0 aliphatic carbocycles. The van der Waals surface area contributed by atoms with Gasteiger partial charge in [-0.15, -0.1) is 0 Å². The Kier molecular flexibility index (Phi) is 7.17. The van der Waals surface area contributed by atoms with E-state index in [1.807, 2.05) is 24.3 Å². The number of aromatic amines is 1. The first-order valence-electron chi connectivity index (χ1n) is 13.8. The van der Waals surface area contributed by atoms with Crippen molar-refractivity contribution in [3.05, 3.63) is 96.1 Å². The van der Waals surface area contributed by atoms with E-state index < -0.39 is 0 Å². The molecule has 4 heterocycles. The number of H-pyrrole nitrogens is 1. The van der Waals surface area contributed by atoms with E-state index in [-0.39, 0.29) is 5.41 Å². The molecule has 8 nitrogen and oxygen atoms in total. The second-order valence-electron chi connectivity index (χ2n) is 11.3. The van der Waals surface area contributed by atoms with Crippen molar-refractivity contribution in [2.45, 2.75) is 39.3 Å². The van der Waals surface area contributed by atoms with Crippen LogP contribution in [0, 0.1) is 0 Å². The lowest BCUT2D eigenvalue weighted by atomic mass is 9.87. The maximum atomic E-state index is 5.77. The fourth-order valence-corrected chi connectivity index (χ4v) is 5.07. The number of anilines is 1. The molecule has 0 spiro atoms. The predicted molar refractivity (Wildman–Crippen MR) is 158 cm³/mol. The Hall–Kier alpha value is -4.30. The third-order valence-electron chi connectivity index (χ3n) is 7.38. The minimum absolute atomic E-state index is 0.130. The first-order chi connectivity index (χ1) is 19.4. The number of pyridine rings is 1. The van der Waals surface area contributed by atoms with Crippen molar-refractivity contribution in [2.24, 2.45) is 0 Å². The fraction of sp³-hybridized carbons (Fsp3) is 0.312. The maximum absolute atomic E-state index is 5.77. The number of fused-ring (bicyclic) bond motifs is 1. The molecule has 0 bridgehead atoms. The first-order valence-corrected chi connectivity index (χ1v) is 13.8. The molecule has 204 valence electrons. The highest BCUT2D eigenvalue weighted by molar-refractivity contribution is 5.91. The quantitative estimate of drug-likeness (QED) is 0.291. The molecule has 0 saturated carbocycles. The monoisotopic (exact) mass is 533 g/mol. The second-order valence-corrected chi connectivity index (χ2v) is 11.3. The van der Waals surface area contributed by atoms with Crippen LogP contribution < -0.4 is 9.64 Å². The highest BCUT2D eigenvalue weighted by atomic mass is 16.5. The van der Waals surface area contributed by atoms with Crippen molar-refractivity contribution in [3.8, 4) is 17.4 Å². The Morgan fingerprint density at radius 3 is 2.38 bits per heavy atom. The van der Waals surface area contributed by atoms with Gasteiger partial charge in [-0.05, 0) is 41.3 Å². The third kappa shape index (κ3) is 5.82. The SMILES string of the molecule is CC(C)(C)c1ccc(-c2nc3c(N4CCN(Cc5ccnc(OCc6ccccn6)n5)CC4)cccc3[nH]2)cc1. The molecule has 1 fully saturated rings. The summed E-state index contributed by atoms with van der Waals surface area (Å²) >= 11 is 0. The van der Waals surface area contributed by atoms with E-state index in [9.17, 15) is 0 Å². The molecule has 3 aromatic heterocycles. The lowest BCUT2D eigenvalue weighted by Gasteiger charge is -2.36. The van der Waals surface area contributed by atoms with Gasteiger partial charge >= 0.3 is 6.01 Å². The number of ether oxygens (including phenoxy) is 1. The average Bonchev–Trinajstić information content (AvgIpc) is 3.42. The van der Waals surface area contributed by atoms with Gasteiger partial charge in [0.15, 0.2) is 0 Å². The molecule has 0 radical (unpaired) electrons. The smallest absolute Gasteiger partial charge is 0.316 e. The van der Waals surface area contributed by atoms with Crippen molar-refractivity contribution in [3.63, 3.8) is 0 Å². The van der Waals surface area contributed by atoms with Crippen LogP contribution in [-0.2, 0) is 18.6 Å². The van der Waals surface area contributed by atoms with Gasteiger partial charge in [0.25, 0.3) is 0 Å². The largest absolute Gasteiger partial charge is 0.457 e. The minimum atomic E-state index is 0.130.